The molecule has 1 fully saturated rings. The molecular weight excluding hydrogens is 244 g/mol. The summed E-state index contributed by atoms with van der Waals surface area (Å²) in [6.45, 7) is 0. The summed E-state index contributed by atoms with van der Waals surface area (Å²) in [7, 11) is 0. The lowest BCUT2D eigenvalue weighted by atomic mass is 9.87. The molecule has 0 bridgehead atoms. The van der Waals surface area contributed by atoms with E-state index in [1.54, 1.807) is 11.3 Å². The van der Waals surface area contributed by atoms with Gasteiger partial charge in [-0.15, -0.1) is 11.3 Å². The Morgan fingerprint density at radius 3 is 2.83 bits per heavy atom. The van der Waals surface area contributed by atoms with Gasteiger partial charge in [0.15, 0.2) is 5.13 Å². The van der Waals surface area contributed by atoms with Crippen molar-refractivity contribution in [3.8, 4) is 0 Å². The van der Waals surface area contributed by atoms with E-state index >= 15 is 0 Å². The van der Waals surface area contributed by atoms with Crippen LogP contribution in [0.2, 0.25) is 0 Å². The third-order valence-corrected chi connectivity index (χ3v) is 5.11. The van der Waals surface area contributed by atoms with Crippen LogP contribution in [-0.2, 0) is 17.6 Å². The molecule has 2 aliphatic rings. The van der Waals surface area contributed by atoms with Crippen LogP contribution in [0, 0.1) is 5.92 Å². The van der Waals surface area contributed by atoms with Gasteiger partial charge in [0.25, 0.3) is 0 Å². The van der Waals surface area contributed by atoms with Crippen molar-refractivity contribution in [1.29, 1.82) is 0 Å². The van der Waals surface area contributed by atoms with Gasteiger partial charge in [-0.2, -0.15) is 0 Å². The fourth-order valence-electron chi connectivity index (χ4n) is 3.07. The van der Waals surface area contributed by atoms with E-state index in [0.29, 0.717) is 12.3 Å². The number of nitrogens with one attached hydrogen (secondary N) is 1. The minimum absolute atomic E-state index is 0.161. The van der Waals surface area contributed by atoms with Gasteiger partial charge in [-0.25, -0.2) is 4.98 Å². The quantitative estimate of drug-likeness (QED) is 0.907. The van der Waals surface area contributed by atoms with Gasteiger partial charge in [0, 0.05) is 11.3 Å². The van der Waals surface area contributed by atoms with E-state index in [1.807, 2.05) is 0 Å². The third kappa shape index (κ3) is 2.74. The topological polar surface area (TPSA) is 42.0 Å². The second kappa shape index (κ2) is 5.39. The Morgan fingerprint density at radius 1 is 1.22 bits per heavy atom. The smallest absolute Gasteiger partial charge is 0.226 e. The average Bonchev–Trinajstić information content (AvgIpc) is 2.90. The molecule has 0 atom stereocenters. The van der Waals surface area contributed by atoms with E-state index < -0.39 is 0 Å². The monoisotopic (exact) mass is 264 g/mol. The van der Waals surface area contributed by atoms with Gasteiger partial charge < -0.3 is 5.32 Å². The summed E-state index contributed by atoms with van der Waals surface area (Å²) >= 11 is 1.67. The molecule has 0 spiro atoms. The molecule has 1 saturated carbocycles. The molecular formula is C14H20N2OS. The minimum Gasteiger partial charge on any atom is -0.302 e. The number of rotatable bonds is 3. The van der Waals surface area contributed by atoms with E-state index in [2.05, 4.69) is 10.3 Å². The van der Waals surface area contributed by atoms with Gasteiger partial charge in [0.1, 0.15) is 0 Å². The largest absolute Gasteiger partial charge is 0.302 e. The van der Waals surface area contributed by atoms with Crippen molar-refractivity contribution in [2.45, 2.75) is 57.8 Å². The normalized spacial score (nSPS) is 19.8. The molecule has 3 rings (SSSR count). The molecule has 1 aromatic rings. The number of thiazole rings is 1. The highest BCUT2D eigenvalue weighted by atomic mass is 32.1. The third-order valence-electron chi connectivity index (χ3n) is 4.04. The molecule has 1 N–H and O–H groups in total. The lowest BCUT2D eigenvalue weighted by molar-refractivity contribution is -0.117. The number of carbonyl (C=O) groups excluding carboxylic acids is 1. The molecule has 18 heavy (non-hydrogen) atoms. The molecule has 0 radical (unpaired) electrons. The lowest BCUT2D eigenvalue weighted by Gasteiger charge is -2.20. The Bertz CT molecular complexity index is 414. The molecule has 1 amide bonds. The fourth-order valence-corrected chi connectivity index (χ4v) is 4.13. The molecule has 2 aliphatic carbocycles. The standard InChI is InChI=1S/C14H20N2OS/c17-13(9-10-5-2-1-3-6-10)16-14-15-11-7-4-8-12(11)18-14/h10H,1-9H2,(H,15,16,17). The molecule has 0 aromatic carbocycles. The molecule has 1 aromatic heterocycles. The Morgan fingerprint density at radius 2 is 2.06 bits per heavy atom. The zero-order valence-corrected chi connectivity index (χ0v) is 11.5. The van der Waals surface area contributed by atoms with Crippen LogP contribution in [0.3, 0.4) is 0 Å². The fraction of sp³-hybridized carbons (Fsp3) is 0.714. The van der Waals surface area contributed by atoms with Gasteiger partial charge >= 0.3 is 0 Å². The SMILES string of the molecule is O=C(CC1CCCCC1)Nc1nc2c(s1)CCC2. The van der Waals surface area contributed by atoms with E-state index in [1.165, 1.54) is 49.1 Å². The van der Waals surface area contributed by atoms with Crippen molar-refractivity contribution in [3.05, 3.63) is 10.6 Å². The van der Waals surface area contributed by atoms with E-state index in [-0.39, 0.29) is 5.91 Å². The van der Waals surface area contributed by atoms with Gasteiger partial charge in [0.05, 0.1) is 5.69 Å². The van der Waals surface area contributed by atoms with Crippen molar-refractivity contribution < 1.29 is 4.79 Å². The summed E-state index contributed by atoms with van der Waals surface area (Å²) in [5, 5.41) is 3.81. The predicted molar refractivity (Wildman–Crippen MR) is 74.0 cm³/mol. The first-order chi connectivity index (χ1) is 8.81. The maximum atomic E-state index is 12.0. The first-order valence-electron chi connectivity index (χ1n) is 7.09. The van der Waals surface area contributed by atoms with Gasteiger partial charge in [-0.05, 0) is 38.0 Å². The summed E-state index contributed by atoms with van der Waals surface area (Å²) in [5.41, 5.74) is 1.22. The minimum atomic E-state index is 0.161. The number of hydrogen-bond acceptors (Lipinski definition) is 3. The summed E-state index contributed by atoms with van der Waals surface area (Å²) in [5.74, 6) is 0.764. The number of fused-ring (bicyclic) bond motifs is 1. The Balaban J connectivity index is 1.53. The van der Waals surface area contributed by atoms with Gasteiger partial charge in [-0.1, -0.05) is 19.3 Å². The highest BCUT2D eigenvalue weighted by molar-refractivity contribution is 7.15. The molecule has 0 saturated heterocycles. The van der Waals surface area contributed by atoms with Crippen LogP contribution in [0.4, 0.5) is 5.13 Å². The number of aromatic nitrogens is 1. The highest BCUT2D eigenvalue weighted by Gasteiger charge is 2.20. The van der Waals surface area contributed by atoms with E-state index in [4.69, 9.17) is 0 Å². The Kier molecular flexibility index (Phi) is 3.64. The Hall–Kier alpha value is -0.900. The predicted octanol–water partition coefficient (Wildman–Crippen LogP) is 3.54. The molecule has 98 valence electrons. The van der Waals surface area contributed by atoms with E-state index in [9.17, 15) is 4.79 Å². The second-order valence-corrected chi connectivity index (χ2v) is 6.58. The molecule has 1 heterocycles. The summed E-state index contributed by atoms with van der Waals surface area (Å²) in [4.78, 5) is 17.9. The number of aryl methyl sites for hydroxylation is 2. The van der Waals surface area contributed by atoms with Crippen molar-refractivity contribution in [1.82, 2.24) is 4.98 Å². The molecule has 4 heteroatoms. The Labute approximate surface area is 112 Å². The second-order valence-electron chi connectivity index (χ2n) is 5.50. The highest BCUT2D eigenvalue weighted by Crippen LogP contribution is 2.31. The number of anilines is 1. The van der Waals surface area contributed by atoms with Crippen LogP contribution in [0.5, 0.6) is 0 Å². The number of hydrogen-bond donors (Lipinski definition) is 1. The van der Waals surface area contributed by atoms with Crippen molar-refractivity contribution in [2.24, 2.45) is 5.92 Å². The van der Waals surface area contributed by atoms with Crippen LogP contribution in [-0.4, -0.2) is 10.9 Å². The molecule has 0 unspecified atom stereocenters. The van der Waals surface area contributed by atoms with Crippen LogP contribution in [0.1, 0.15) is 55.5 Å². The number of amides is 1. The summed E-state index contributed by atoms with van der Waals surface area (Å²) in [6.07, 6.45) is 10.5. The molecule has 3 nitrogen and oxygen atoms in total. The average molecular weight is 264 g/mol. The summed E-state index contributed by atoms with van der Waals surface area (Å²) < 4.78 is 0. The van der Waals surface area contributed by atoms with Crippen LogP contribution < -0.4 is 5.32 Å². The van der Waals surface area contributed by atoms with Gasteiger partial charge in [-0.3, -0.25) is 4.79 Å². The van der Waals surface area contributed by atoms with E-state index in [0.717, 1.165) is 18.0 Å². The van der Waals surface area contributed by atoms with Crippen LogP contribution >= 0.6 is 11.3 Å². The zero-order chi connectivity index (χ0) is 12.4. The zero-order valence-electron chi connectivity index (χ0n) is 10.7. The molecule has 0 aliphatic heterocycles. The summed E-state index contributed by atoms with van der Waals surface area (Å²) in [6, 6.07) is 0. The van der Waals surface area contributed by atoms with Crippen molar-refractivity contribution >= 4 is 22.4 Å². The number of carbonyl (C=O) groups is 1. The lowest BCUT2D eigenvalue weighted by Crippen LogP contribution is -2.18. The van der Waals surface area contributed by atoms with Crippen molar-refractivity contribution in [3.63, 3.8) is 0 Å². The first-order valence-corrected chi connectivity index (χ1v) is 7.91. The van der Waals surface area contributed by atoms with Crippen molar-refractivity contribution in [2.75, 3.05) is 5.32 Å². The number of nitrogens with zero attached hydrogens (tertiary/aromatic N) is 1. The maximum absolute atomic E-state index is 12.0. The van der Waals surface area contributed by atoms with Gasteiger partial charge in [0.2, 0.25) is 5.91 Å². The van der Waals surface area contributed by atoms with Crippen LogP contribution in [0.15, 0.2) is 0 Å². The van der Waals surface area contributed by atoms with Crippen LogP contribution in [0.25, 0.3) is 0 Å². The maximum Gasteiger partial charge on any atom is 0.226 e. The first kappa shape index (κ1) is 12.2.